The zero-order chi connectivity index (χ0) is 32.9. The van der Waals surface area contributed by atoms with Crippen molar-refractivity contribution < 1.29 is 14.3 Å². The number of carbonyl (C=O) groups is 1. The number of ether oxygens (including phenoxy) is 2. The van der Waals surface area contributed by atoms with Gasteiger partial charge in [-0.3, -0.25) is 4.79 Å². The fourth-order valence-corrected chi connectivity index (χ4v) is 6.52. The largest absolute Gasteiger partial charge is 0.490 e. The first-order valence-electron chi connectivity index (χ1n) is 15.4. The fourth-order valence-electron chi connectivity index (χ4n) is 5.40. The molecular formula is C37H36ClN5O3S. The summed E-state index contributed by atoms with van der Waals surface area (Å²) in [6.45, 7) is 8.72. The Morgan fingerprint density at radius 2 is 1.74 bits per heavy atom. The van der Waals surface area contributed by atoms with Crippen LogP contribution in [0.25, 0.3) is 0 Å². The highest BCUT2D eigenvalue weighted by Gasteiger charge is 2.35. The van der Waals surface area contributed by atoms with E-state index in [-0.39, 0.29) is 5.91 Å². The van der Waals surface area contributed by atoms with Gasteiger partial charge in [-0.05, 0) is 80.3 Å². The van der Waals surface area contributed by atoms with E-state index < -0.39 is 6.04 Å². The summed E-state index contributed by atoms with van der Waals surface area (Å²) in [5.41, 5.74) is 7.01. The zero-order valence-electron chi connectivity index (χ0n) is 26.7. The highest BCUT2D eigenvalue weighted by Crippen LogP contribution is 2.40. The first-order valence-corrected chi connectivity index (χ1v) is 16.8. The Kier molecular flexibility index (Phi) is 9.84. The molecule has 0 spiro atoms. The van der Waals surface area contributed by atoms with Crippen molar-refractivity contribution in [2.45, 2.75) is 51.3 Å². The molecule has 1 amide bonds. The SMILES string of the molecule is CCOc1cc(C2C(C(=O)Nc3cccc(C)c3)=C(C)Nc3nc(SCc4ccccc4Cl)nn32)ccc1OCc1ccc(C)cc1. The lowest BCUT2D eigenvalue weighted by Crippen LogP contribution is -2.31. The van der Waals surface area contributed by atoms with Gasteiger partial charge in [-0.1, -0.05) is 89.6 Å². The Bertz CT molecular complexity index is 1940. The van der Waals surface area contributed by atoms with Crippen LogP contribution in [0.4, 0.5) is 11.6 Å². The van der Waals surface area contributed by atoms with E-state index >= 15 is 0 Å². The molecule has 8 nitrogen and oxygen atoms in total. The van der Waals surface area contributed by atoms with Gasteiger partial charge in [0.2, 0.25) is 11.1 Å². The summed E-state index contributed by atoms with van der Waals surface area (Å²) < 4.78 is 14.1. The van der Waals surface area contributed by atoms with Gasteiger partial charge in [0.25, 0.3) is 5.91 Å². The third-order valence-corrected chi connectivity index (χ3v) is 9.02. The number of rotatable bonds is 11. The molecule has 1 aliphatic heterocycles. The number of allylic oxidation sites excluding steroid dienone is 1. The molecule has 2 heterocycles. The molecule has 10 heteroatoms. The van der Waals surface area contributed by atoms with Gasteiger partial charge in [-0.2, -0.15) is 4.98 Å². The molecule has 5 aromatic rings. The molecule has 1 unspecified atom stereocenters. The van der Waals surface area contributed by atoms with E-state index in [4.69, 9.17) is 31.2 Å². The number of amides is 1. The average molecular weight is 666 g/mol. The molecule has 0 bridgehead atoms. The van der Waals surface area contributed by atoms with Gasteiger partial charge in [-0.25, -0.2) is 4.68 Å². The van der Waals surface area contributed by atoms with E-state index in [0.717, 1.165) is 22.3 Å². The molecule has 4 aromatic carbocycles. The number of fused-ring (bicyclic) bond motifs is 1. The summed E-state index contributed by atoms with van der Waals surface area (Å²) in [5, 5.41) is 12.6. The van der Waals surface area contributed by atoms with Gasteiger partial charge in [0.1, 0.15) is 12.6 Å². The van der Waals surface area contributed by atoms with Crippen molar-refractivity contribution in [1.82, 2.24) is 14.8 Å². The Labute approximate surface area is 284 Å². The molecule has 1 atom stereocenters. The first kappa shape index (κ1) is 32.2. The summed E-state index contributed by atoms with van der Waals surface area (Å²) in [5.74, 6) is 2.10. The minimum Gasteiger partial charge on any atom is -0.490 e. The number of aromatic nitrogens is 3. The third kappa shape index (κ3) is 7.48. The molecule has 0 saturated heterocycles. The van der Waals surface area contributed by atoms with E-state index in [1.165, 1.54) is 17.3 Å². The Balaban J connectivity index is 1.36. The molecule has 1 aromatic heterocycles. The predicted octanol–water partition coefficient (Wildman–Crippen LogP) is 8.75. The number of hydrogen-bond donors (Lipinski definition) is 2. The van der Waals surface area contributed by atoms with E-state index in [1.807, 2.05) is 87.5 Å². The number of aryl methyl sites for hydroxylation is 2. The number of anilines is 2. The summed E-state index contributed by atoms with van der Waals surface area (Å²) in [4.78, 5) is 18.8. The quantitative estimate of drug-likeness (QED) is 0.136. The zero-order valence-corrected chi connectivity index (χ0v) is 28.3. The standard InChI is InChI=1S/C37H36ClN5O3S/c1-5-45-32-20-27(17-18-31(32)46-21-26-15-13-23(2)14-16-26)34-33(35(44)40-29-11-8-9-24(3)19-29)25(4)39-36-41-37(42-43(34)36)47-22-28-10-6-7-12-30(28)38/h6-20,34H,5,21-22H2,1-4H3,(H,40,44)(H,39,41,42). The van der Waals surface area contributed by atoms with Crippen LogP contribution in [0.1, 0.15) is 47.7 Å². The van der Waals surface area contributed by atoms with E-state index in [0.29, 0.717) is 63.6 Å². The summed E-state index contributed by atoms with van der Waals surface area (Å²) >= 11 is 7.90. The van der Waals surface area contributed by atoms with Crippen LogP contribution < -0.4 is 20.1 Å². The Hall–Kier alpha value is -4.73. The van der Waals surface area contributed by atoms with Gasteiger partial charge < -0.3 is 20.1 Å². The molecule has 47 heavy (non-hydrogen) atoms. The van der Waals surface area contributed by atoms with Gasteiger partial charge >= 0.3 is 0 Å². The monoisotopic (exact) mass is 665 g/mol. The van der Waals surface area contributed by atoms with Crippen LogP contribution in [0.15, 0.2) is 107 Å². The average Bonchev–Trinajstić information content (AvgIpc) is 3.46. The minimum atomic E-state index is -0.594. The number of benzene rings is 4. The van der Waals surface area contributed by atoms with Crippen molar-refractivity contribution in [3.05, 3.63) is 135 Å². The molecule has 0 saturated carbocycles. The smallest absolute Gasteiger partial charge is 0.255 e. The second kappa shape index (κ2) is 14.4. The molecule has 240 valence electrons. The summed E-state index contributed by atoms with van der Waals surface area (Å²) in [6.07, 6.45) is 0. The molecule has 6 rings (SSSR count). The maximum Gasteiger partial charge on any atom is 0.255 e. The number of halogens is 1. The highest BCUT2D eigenvalue weighted by atomic mass is 35.5. The number of nitrogens with zero attached hydrogens (tertiary/aromatic N) is 3. The second-order valence-electron chi connectivity index (χ2n) is 11.3. The van der Waals surface area contributed by atoms with Gasteiger partial charge in [0.15, 0.2) is 11.5 Å². The fraction of sp³-hybridized carbons (Fsp3) is 0.216. The normalized spacial score (nSPS) is 13.9. The minimum absolute atomic E-state index is 0.241. The van der Waals surface area contributed by atoms with Crippen molar-refractivity contribution in [2.24, 2.45) is 0 Å². The van der Waals surface area contributed by atoms with Crippen LogP contribution in [-0.2, 0) is 17.2 Å². The summed E-state index contributed by atoms with van der Waals surface area (Å²) in [7, 11) is 0. The second-order valence-corrected chi connectivity index (χ2v) is 12.7. The van der Waals surface area contributed by atoms with Gasteiger partial charge in [-0.15, -0.1) is 5.10 Å². The summed E-state index contributed by atoms with van der Waals surface area (Å²) in [6, 6.07) is 28.9. The van der Waals surface area contributed by atoms with Crippen LogP contribution >= 0.6 is 23.4 Å². The van der Waals surface area contributed by atoms with Crippen molar-refractivity contribution in [3.8, 4) is 11.5 Å². The van der Waals surface area contributed by atoms with Crippen molar-refractivity contribution in [1.29, 1.82) is 0 Å². The molecule has 0 aliphatic carbocycles. The van der Waals surface area contributed by atoms with E-state index in [2.05, 4.69) is 41.8 Å². The van der Waals surface area contributed by atoms with Gasteiger partial charge in [0, 0.05) is 22.2 Å². The lowest BCUT2D eigenvalue weighted by atomic mass is 9.94. The number of carbonyl (C=O) groups excluding carboxylic acids is 1. The maximum absolute atomic E-state index is 14.1. The topological polar surface area (TPSA) is 90.3 Å². The van der Waals surface area contributed by atoms with E-state index in [9.17, 15) is 4.79 Å². The molecule has 0 fully saturated rings. The Morgan fingerprint density at radius 3 is 2.51 bits per heavy atom. The van der Waals surface area contributed by atoms with Crippen molar-refractivity contribution >= 4 is 40.9 Å². The Morgan fingerprint density at radius 1 is 0.936 bits per heavy atom. The van der Waals surface area contributed by atoms with E-state index in [1.54, 1.807) is 4.68 Å². The molecule has 1 aliphatic rings. The van der Waals surface area contributed by atoms with Crippen molar-refractivity contribution in [2.75, 3.05) is 17.2 Å². The number of nitrogens with one attached hydrogen (secondary N) is 2. The maximum atomic E-state index is 14.1. The first-order chi connectivity index (χ1) is 22.8. The van der Waals surface area contributed by atoms with Crippen LogP contribution in [0, 0.1) is 13.8 Å². The third-order valence-electron chi connectivity index (χ3n) is 7.77. The van der Waals surface area contributed by atoms with Crippen LogP contribution in [-0.4, -0.2) is 27.3 Å². The predicted molar refractivity (Wildman–Crippen MR) is 188 cm³/mol. The lowest BCUT2D eigenvalue weighted by Gasteiger charge is -2.29. The van der Waals surface area contributed by atoms with Crippen LogP contribution in [0.2, 0.25) is 5.02 Å². The molecule has 2 N–H and O–H groups in total. The number of thioether (sulfide) groups is 1. The number of hydrogen-bond acceptors (Lipinski definition) is 7. The lowest BCUT2D eigenvalue weighted by molar-refractivity contribution is -0.113. The van der Waals surface area contributed by atoms with Crippen molar-refractivity contribution in [3.63, 3.8) is 0 Å². The highest BCUT2D eigenvalue weighted by molar-refractivity contribution is 7.98. The molecule has 0 radical (unpaired) electrons. The molecular weight excluding hydrogens is 630 g/mol. The van der Waals surface area contributed by atoms with Crippen LogP contribution in [0.5, 0.6) is 11.5 Å². The van der Waals surface area contributed by atoms with Gasteiger partial charge in [0.05, 0.1) is 12.2 Å². The van der Waals surface area contributed by atoms with Crippen LogP contribution in [0.3, 0.4) is 0 Å².